The topological polar surface area (TPSA) is 0 Å². The smallest absolute Gasteiger partial charge is 0.0699 e. The van der Waals surface area contributed by atoms with Gasteiger partial charge >= 0.3 is 0 Å². The van der Waals surface area contributed by atoms with E-state index in [1.54, 1.807) is 0 Å². The van der Waals surface area contributed by atoms with Crippen molar-refractivity contribution in [2.24, 2.45) is 17.8 Å². The summed E-state index contributed by atoms with van der Waals surface area (Å²) in [4.78, 5) is 0. The van der Waals surface area contributed by atoms with E-state index >= 15 is 0 Å². The highest BCUT2D eigenvalue weighted by molar-refractivity contribution is 6.11. The molecule has 0 aliphatic heterocycles. The lowest BCUT2D eigenvalue weighted by Gasteiger charge is -2.36. The molecule has 78 valence electrons. The largest absolute Gasteiger partial charge is 0.0774 e. The van der Waals surface area contributed by atoms with Gasteiger partial charge in [0.05, 0.1) is 7.85 Å². The van der Waals surface area contributed by atoms with Crippen molar-refractivity contribution < 1.29 is 0 Å². The van der Waals surface area contributed by atoms with Crippen LogP contribution in [0.2, 0.25) is 5.82 Å². The second-order valence-corrected chi connectivity index (χ2v) is 5.69. The Morgan fingerprint density at radius 3 is 1.64 bits per heavy atom. The van der Waals surface area contributed by atoms with Crippen LogP contribution in [-0.4, -0.2) is 7.85 Å². The Morgan fingerprint density at radius 1 is 0.714 bits per heavy atom. The Morgan fingerprint density at radius 2 is 1.14 bits per heavy atom. The second-order valence-electron chi connectivity index (χ2n) is 5.69. The molecule has 0 atom stereocenters. The SMILES string of the molecule is [B]C1CCC(C2CCC(C)CC2)CC1. The zero-order valence-electron chi connectivity index (χ0n) is 9.54. The van der Waals surface area contributed by atoms with Gasteiger partial charge < -0.3 is 0 Å². The van der Waals surface area contributed by atoms with Crippen LogP contribution in [0.15, 0.2) is 0 Å². The first-order valence-corrected chi connectivity index (χ1v) is 6.51. The quantitative estimate of drug-likeness (QED) is 0.549. The first kappa shape index (κ1) is 10.6. The summed E-state index contributed by atoms with van der Waals surface area (Å²) in [7, 11) is 5.95. The van der Waals surface area contributed by atoms with E-state index < -0.39 is 0 Å². The van der Waals surface area contributed by atoms with Crippen LogP contribution < -0.4 is 0 Å². The fourth-order valence-electron chi connectivity index (χ4n) is 3.37. The molecule has 0 bridgehead atoms. The van der Waals surface area contributed by atoms with Gasteiger partial charge in [0.15, 0.2) is 0 Å². The van der Waals surface area contributed by atoms with Gasteiger partial charge in [-0.25, -0.2) is 0 Å². The van der Waals surface area contributed by atoms with Gasteiger partial charge in [-0.1, -0.05) is 51.3 Å². The van der Waals surface area contributed by atoms with Crippen LogP contribution >= 0.6 is 0 Å². The molecule has 0 saturated heterocycles. The molecule has 0 N–H and O–H groups in total. The Hall–Kier alpha value is 0.0649. The van der Waals surface area contributed by atoms with E-state index in [-0.39, 0.29) is 0 Å². The molecule has 2 fully saturated rings. The van der Waals surface area contributed by atoms with Crippen molar-refractivity contribution >= 4 is 7.85 Å². The summed E-state index contributed by atoms with van der Waals surface area (Å²) in [5.41, 5.74) is 0. The average Bonchev–Trinajstić information content (AvgIpc) is 2.21. The van der Waals surface area contributed by atoms with Crippen LogP contribution in [-0.2, 0) is 0 Å². The normalized spacial score (nSPS) is 44.9. The number of hydrogen-bond acceptors (Lipinski definition) is 0. The molecule has 2 saturated carbocycles. The van der Waals surface area contributed by atoms with Crippen LogP contribution in [0.5, 0.6) is 0 Å². The molecule has 0 aromatic rings. The maximum Gasteiger partial charge on any atom is 0.0699 e. The zero-order chi connectivity index (χ0) is 9.97. The summed E-state index contributed by atoms with van der Waals surface area (Å²) in [5, 5.41) is 0. The molecule has 2 rings (SSSR count). The second kappa shape index (κ2) is 4.72. The Labute approximate surface area is 90.3 Å². The van der Waals surface area contributed by atoms with Gasteiger partial charge in [0.25, 0.3) is 0 Å². The van der Waals surface area contributed by atoms with Crippen LogP contribution in [0, 0.1) is 17.8 Å². The van der Waals surface area contributed by atoms with Gasteiger partial charge in [-0.05, 0) is 30.6 Å². The maximum atomic E-state index is 5.95. The van der Waals surface area contributed by atoms with Crippen molar-refractivity contribution in [3.05, 3.63) is 0 Å². The first-order chi connectivity index (χ1) is 6.75. The van der Waals surface area contributed by atoms with Gasteiger partial charge in [-0.3, -0.25) is 0 Å². The van der Waals surface area contributed by atoms with Crippen molar-refractivity contribution in [2.45, 2.75) is 64.1 Å². The minimum atomic E-state index is 0.522. The predicted molar refractivity (Wildman–Crippen MR) is 62.6 cm³/mol. The number of hydrogen-bond donors (Lipinski definition) is 0. The van der Waals surface area contributed by atoms with Crippen LogP contribution in [0.25, 0.3) is 0 Å². The van der Waals surface area contributed by atoms with Crippen LogP contribution in [0.4, 0.5) is 0 Å². The summed E-state index contributed by atoms with van der Waals surface area (Å²) in [5.74, 6) is 3.60. The summed E-state index contributed by atoms with van der Waals surface area (Å²) in [6, 6.07) is 0. The molecule has 0 amide bonds. The molecule has 2 radical (unpaired) electrons. The van der Waals surface area contributed by atoms with Gasteiger partial charge in [-0.15, -0.1) is 0 Å². The Bertz CT molecular complexity index is 142. The molecule has 0 heterocycles. The molecular weight excluding hydrogens is 167 g/mol. The predicted octanol–water partition coefficient (Wildman–Crippen LogP) is 3.96. The fourth-order valence-corrected chi connectivity index (χ4v) is 3.37. The minimum Gasteiger partial charge on any atom is -0.0774 e. The third-order valence-corrected chi connectivity index (χ3v) is 4.54. The molecule has 0 aromatic carbocycles. The number of rotatable bonds is 1. The molecule has 0 aromatic heterocycles. The third-order valence-electron chi connectivity index (χ3n) is 4.54. The van der Waals surface area contributed by atoms with E-state index in [1.807, 2.05) is 0 Å². The molecule has 1 heteroatoms. The fraction of sp³-hybridized carbons (Fsp3) is 1.00. The van der Waals surface area contributed by atoms with E-state index in [0.717, 1.165) is 17.8 Å². The highest BCUT2D eigenvalue weighted by atomic mass is 14.3. The molecule has 0 unspecified atom stereocenters. The van der Waals surface area contributed by atoms with Crippen molar-refractivity contribution in [3.63, 3.8) is 0 Å². The molecule has 0 spiro atoms. The van der Waals surface area contributed by atoms with Crippen LogP contribution in [0.3, 0.4) is 0 Å². The maximum absolute atomic E-state index is 5.95. The van der Waals surface area contributed by atoms with Crippen molar-refractivity contribution in [3.8, 4) is 0 Å². The van der Waals surface area contributed by atoms with Crippen LogP contribution in [0.1, 0.15) is 58.3 Å². The molecule has 0 nitrogen and oxygen atoms in total. The molecule has 2 aliphatic carbocycles. The molecular formula is C13H23B. The van der Waals surface area contributed by atoms with E-state index in [2.05, 4.69) is 6.92 Å². The first-order valence-electron chi connectivity index (χ1n) is 6.51. The van der Waals surface area contributed by atoms with Gasteiger partial charge in [-0.2, -0.15) is 0 Å². The van der Waals surface area contributed by atoms with E-state index in [1.165, 1.54) is 51.4 Å². The summed E-state index contributed by atoms with van der Waals surface area (Å²) in [6.45, 7) is 2.41. The van der Waals surface area contributed by atoms with Crippen molar-refractivity contribution in [1.82, 2.24) is 0 Å². The standard InChI is InChI=1S/C13H23B/c1-10-2-4-11(5-3-10)12-6-8-13(14)9-7-12/h10-13H,2-9H2,1H3. The Kier molecular flexibility index (Phi) is 3.57. The summed E-state index contributed by atoms with van der Waals surface area (Å²) >= 11 is 0. The summed E-state index contributed by atoms with van der Waals surface area (Å²) in [6.07, 6.45) is 11.4. The molecule has 14 heavy (non-hydrogen) atoms. The minimum absolute atomic E-state index is 0.522. The van der Waals surface area contributed by atoms with E-state index in [9.17, 15) is 0 Å². The Balaban J connectivity index is 1.78. The van der Waals surface area contributed by atoms with E-state index in [4.69, 9.17) is 7.85 Å². The monoisotopic (exact) mass is 190 g/mol. The lowest BCUT2D eigenvalue weighted by molar-refractivity contribution is 0.173. The highest BCUT2D eigenvalue weighted by Gasteiger charge is 2.28. The van der Waals surface area contributed by atoms with E-state index in [0.29, 0.717) is 5.82 Å². The highest BCUT2D eigenvalue weighted by Crippen LogP contribution is 2.41. The third kappa shape index (κ3) is 2.55. The molecule has 2 aliphatic rings. The van der Waals surface area contributed by atoms with Gasteiger partial charge in [0, 0.05) is 0 Å². The van der Waals surface area contributed by atoms with Crippen molar-refractivity contribution in [1.29, 1.82) is 0 Å². The summed E-state index contributed by atoms with van der Waals surface area (Å²) < 4.78 is 0. The average molecular weight is 190 g/mol. The van der Waals surface area contributed by atoms with Crippen molar-refractivity contribution in [2.75, 3.05) is 0 Å². The van der Waals surface area contributed by atoms with Gasteiger partial charge in [0.1, 0.15) is 0 Å². The lowest BCUT2D eigenvalue weighted by Crippen LogP contribution is -2.24. The van der Waals surface area contributed by atoms with Gasteiger partial charge in [0.2, 0.25) is 0 Å². The lowest BCUT2D eigenvalue weighted by atomic mass is 9.66. The zero-order valence-corrected chi connectivity index (χ0v) is 9.54.